The number of hydrogen-bond acceptors (Lipinski definition) is 5. The molecule has 1 aromatic rings. The Balaban J connectivity index is 2.38. The molecule has 1 N–H and O–H groups in total. The third kappa shape index (κ3) is 5.67. The first-order valence-corrected chi connectivity index (χ1v) is 6.13. The zero-order valence-corrected chi connectivity index (χ0v) is 11.7. The molecule has 1 aromatic heterocycles. The summed E-state index contributed by atoms with van der Waals surface area (Å²) in [5.41, 5.74) is 1.28. The van der Waals surface area contributed by atoms with Crippen molar-refractivity contribution in [1.82, 2.24) is 9.88 Å². The average molecular weight is 267 g/mol. The minimum atomic E-state index is -0.111. The number of carbonyl (C=O) groups excluding carboxylic acids is 1. The number of carbonyl (C=O) groups is 1. The van der Waals surface area contributed by atoms with E-state index in [-0.39, 0.29) is 5.91 Å². The SMILES string of the molecule is COCCOCCNc1ccnc(C(=O)N(C)C)c1. The maximum atomic E-state index is 11.7. The second kappa shape index (κ2) is 8.44. The van der Waals surface area contributed by atoms with Gasteiger partial charge in [0.25, 0.3) is 5.91 Å². The largest absolute Gasteiger partial charge is 0.383 e. The summed E-state index contributed by atoms with van der Waals surface area (Å²) in [6.45, 7) is 2.43. The number of methoxy groups -OCH3 is 1. The van der Waals surface area contributed by atoms with E-state index in [0.717, 1.165) is 5.69 Å². The number of pyridine rings is 1. The van der Waals surface area contributed by atoms with Crippen LogP contribution in [0.2, 0.25) is 0 Å². The average Bonchev–Trinajstić information content (AvgIpc) is 2.42. The summed E-state index contributed by atoms with van der Waals surface area (Å²) < 4.78 is 10.2. The number of ether oxygens (including phenoxy) is 2. The van der Waals surface area contributed by atoms with Gasteiger partial charge in [-0.2, -0.15) is 0 Å². The molecular formula is C13H21N3O3. The second-order valence-corrected chi connectivity index (χ2v) is 4.16. The van der Waals surface area contributed by atoms with E-state index in [4.69, 9.17) is 9.47 Å². The number of nitrogens with zero attached hydrogens (tertiary/aromatic N) is 2. The molecule has 0 saturated heterocycles. The molecule has 0 radical (unpaired) electrons. The van der Waals surface area contributed by atoms with Crippen LogP contribution in [0, 0.1) is 0 Å². The monoisotopic (exact) mass is 267 g/mol. The molecule has 0 aliphatic heterocycles. The number of hydrogen-bond donors (Lipinski definition) is 1. The van der Waals surface area contributed by atoms with Crippen molar-refractivity contribution in [3.63, 3.8) is 0 Å². The van der Waals surface area contributed by atoms with Gasteiger partial charge >= 0.3 is 0 Å². The van der Waals surface area contributed by atoms with E-state index in [1.54, 1.807) is 33.5 Å². The predicted octanol–water partition coefficient (Wildman–Crippen LogP) is 0.858. The van der Waals surface area contributed by atoms with Gasteiger partial charge in [-0.25, -0.2) is 0 Å². The fourth-order valence-electron chi connectivity index (χ4n) is 1.40. The summed E-state index contributed by atoms with van der Waals surface area (Å²) in [5, 5.41) is 3.18. The van der Waals surface area contributed by atoms with E-state index >= 15 is 0 Å². The molecular weight excluding hydrogens is 246 g/mol. The molecule has 0 atom stereocenters. The van der Waals surface area contributed by atoms with Gasteiger partial charge < -0.3 is 19.7 Å². The lowest BCUT2D eigenvalue weighted by atomic mass is 10.3. The predicted molar refractivity (Wildman–Crippen MR) is 73.4 cm³/mol. The summed E-state index contributed by atoms with van der Waals surface area (Å²) >= 11 is 0. The van der Waals surface area contributed by atoms with Crippen LogP contribution in [0.4, 0.5) is 5.69 Å². The van der Waals surface area contributed by atoms with Crippen molar-refractivity contribution < 1.29 is 14.3 Å². The standard InChI is InChI=1S/C13H21N3O3/c1-16(2)13(17)12-10-11(4-5-15-12)14-6-7-19-9-8-18-3/h4-5,10H,6-9H2,1-3H3,(H,14,15). The normalized spacial score (nSPS) is 10.3. The van der Waals surface area contributed by atoms with Crippen molar-refractivity contribution in [1.29, 1.82) is 0 Å². The maximum absolute atomic E-state index is 11.7. The third-order valence-electron chi connectivity index (χ3n) is 2.39. The Morgan fingerprint density at radius 2 is 2.16 bits per heavy atom. The molecule has 106 valence electrons. The molecule has 1 heterocycles. The van der Waals surface area contributed by atoms with Crippen molar-refractivity contribution in [2.45, 2.75) is 0 Å². The summed E-state index contributed by atoms with van der Waals surface area (Å²) in [5.74, 6) is -0.111. The van der Waals surface area contributed by atoms with Crippen molar-refractivity contribution in [2.75, 3.05) is 52.9 Å². The molecule has 0 aliphatic rings. The lowest BCUT2D eigenvalue weighted by Crippen LogP contribution is -2.23. The van der Waals surface area contributed by atoms with Crippen molar-refractivity contribution >= 4 is 11.6 Å². The van der Waals surface area contributed by atoms with Crippen LogP contribution >= 0.6 is 0 Å². The van der Waals surface area contributed by atoms with Crippen LogP contribution in [0.3, 0.4) is 0 Å². The van der Waals surface area contributed by atoms with E-state index in [9.17, 15) is 4.79 Å². The fourth-order valence-corrected chi connectivity index (χ4v) is 1.40. The first-order valence-electron chi connectivity index (χ1n) is 6.13. The molecule has 19 heavy (non-hydrogen) atoms. The Morgan fingerprint density at radius 1 is 1.37 bits per heavy atom. The van der Waals surface area contributed by atoms with E-state index in [2.05, 4.69) is 10.3 Å². The Kier molecular flexibility index (Phi) is 6.84. The van der Waals surface area contributed by atoms with Crippen LogP contribution < -0.4 is 5.32 Å². The van der Waals surface area contributed by atoms with Gasteiger partial charge in [-0.15, -0.1) is 0 Å². The summed E-state index contributed by atoms with van der Waals surface area (Å²) in [4.78, 5) is 17.3. The highest BCUT2D eigenvalue weighted by molar-refractivity contribution is 5.92. The smallest absolute Gasteiger partial charge is 0.272 e. The Labute approximate surface area is 113 Å². The molecule has 0 unspecified atom stereocenters. The van der Waals surface area contributed by atoms with Gasteiger partial charge in [0.1, 0.15) is 5.69 Å². The molecule has 1 rings (SSSR count). The molecule has 0 fully saturated rings. The Hall–Kier alpha value is -1.66. The van der Waals surface area contributed by atoms with Crippen LogP contribution in [-0.2, 0) is 9.47 Å². The highest BCUT2D eigenvalue weighted by atomic mass is 16.5. The number of nitrogens with one attached hydrogen (secondary N) is 1. The van der Waals surface area contributed by atoms with Gasteiger partial charge in [0, 0.05) is 39.6 Å². The minimum Gasteiger partial charge on any atom is -0.383 e. The van der Waals surface area contributed by atoms with Crippen molar-refractivity contribution in [3.05, 3.63) is 24.0 Å². The van der Waals surface area contributed by atoms with Crippen molar-refractivity contribution in [2.24, 2.45) is 0 Å². The first-order chi connectivity index (χ1) is 9.15. The molecule has 1 amide bonds. The highest BCUT2D eigenvalue weighted by Gasteiger charge is 2.09. The van der Waals surface area contributed by atoms with Crippen LogP contribution in [0.15, 0.2) is 18.3 Å². The minimum absolute atomic E-state index is 0.111. The van der Waals surface area contributed by atoms with E-state index in [1.807, 2.05) is 6.07 Å². The fraction of sp³-hybridized carbons (Fsp3) is 0.538. The van der Waals surface area contributed by atoms with E-state index in [1.165, 1.54) is 4.90 Å². The Bertz CT molecular complexity index is 396. The molecule has 6 nitrogen and oxygen atoms in total. The van der Waals surface area contributed by atoms with Crippen LogP contribution in [-0.4, -0.2) is 63.4 Å². The zero-order chi connectivity index (χ0) is 14.1. The van der Waals surface area contributed by atoms with Crippen LogP contribution in [0.5, 0.6) is 0 Å². The van der Waals surface area contributed by atoms with E-state index in [0.29, 0.717) is 32.1 Å². The highest BCUT2D eigenvalue weighted by Crippen LogP contribution is 2.08. The molecule has 0 spiro atoms. The topological polar surface area (TPSA) is 63.7 Å². The molecule has 0 aromatic carbocycles. The van der Waals surface area contributed by atoms with E-state index < -0.39 is 0 Å². The lowest BCUT2D eigenvalue weighted by molar-refractivity contribution is 0.0759. The summed E-state index contributed by atoms with van der Waals surface area (Å²) in [7, 11) is 5.05. The van der Waals surface area contributed by atoms with Crippen LogP contribution in [0.1, 0.15) is 10.5 Å². The van der Waals surface area contributed by atoms with Gasteiger partial charge in [-0.1, -0.05) is 0 Å². The summed E-state index contributed by atoms with van der Waals surface area (Å²) in [6.07, 6.45) is 1.62. The van der Waals surface area contributed by atoms with Gasteiger partial charge in [-0.05, 0) is 12.1 Å². The van der Waals surface area contributed by atoms with Gasteiger partial charge in [-0.3, -0.25) is 9.78 Å². The van der Waals surface area contributed by atoms with Gasteiger partial charge in [0.15, 0.2) is 0 Å². The molecule has 0 saturated carbocycles. The molecule has 6 heteroatoms. The third-order valence-corrected chi connectivity index (χ3v) is 2.39. The van der Waals surface area contributed by atoms with Crippen molar-refractivity contribution in [3.8, 4) is 0 Å². The number of rotatable bonds is 8. The zero-order valence-electron chi connectivity index (χ0n) is 11.7. The van der Waals surface area contributed by atoms with Gasteiger partial charge in [0.05, 0.1) is 19.8 Å². The summed E-state index contributed by atoms with van der Waals surface area (Å²) in [6, 6.07) is 3.55. The maximum Gasteiger partial charge on any atom is 0.272 e. The molecule has 0 bridgehead atoms. The number of aromatic nitrogens is 1. The number of amides is 1. The Morgan fingerprint density at radius 3 is 2.84 bits per heavy atom. The lowest BCUT2D eigenvalue weighted by Gasteiger charge is -2.11. The first kappa shape index (κ1) is 15.4. The van der Waals surface area contributed by atoms with Crippen LogP contribution in [0.25, 0.3) is 0 Å². The second-order valence-electron chi connectivity index (χ2n) is 4.16. The quantitative estimate of drug-likeness (QED) is 0.708. The molecule has 0 aliphatic carbocycles. The number of anilines is 1. The van der Waals surface area contributed by atoms with Gasteiger partial charge in [0.2, 0.25) is 0 Å².